The maximum Gasteiger partial charge on any atom is 0.335 e. The Kier molecular flexibility index (Phi) is 8.50. The number of hydrogen-bond donors (Lipinski definition) is 1. The van der Waals surface area contributed by atoms with Crippen LogP contribution < -0.4 is 29.2 Å². The topological polar surface area (TPSA) is 103 Å². The fourth-order valence-corrected chi connectivity index (χ4v) is 3.91. The molecule has 1 aliphatic rings. The van der Waals surface area contributed by atoms with Gasteiger partial charge in [0.05, 0.1) is 19.4 Å². The minimum atomic E-state index is -0.825. The zero-order valence-electron chi connectivity index (χ0n) is 22.3. The lowest BCUT2D eigenvalue weighted by molar-refractivity contribution is -0.122. The van der Waals surface area contributed by atoms with Gasteiger partial charge in [0, 0.05) is 0 Å². The fraction of sp³-hybridized carbons (Fsp3) is 0.233. The molecular weight excluding hydrogens is 500 g/mol. The van der Waals surface area contributed by atoms with Crippen molar-refractivity contribution in [1.29, 1.82) is 0 Å². The van der Waals surface area contributed by atoms with Crippen LogP contribution in [-0.4, -0.2) is 44.8 Å². The quantitative estimate of drug-likeness (QED) is 0.227. The van der Waals surface area contributed by atoms with Crippen LogP contribution in [0.1, 0.15) is 23.6 Å². The molecule has 1 heterocycles. The molecule has 1 N–H and O–H groups in total. The van der Waals surface area contributed by atoms with E-state index in [1.807, 2.05) is 39.0 Å². The van der Waals surface area contributed by atoms with Crippen LogP contribution in [0.15, 0.2) is 66.2 Å². The number of aryl methyl sites for hydroxylation is 2. The van der Waals surface area contributed by atoms with E-state index in [2.05, 4.69) is 5.32 Å². The second kappa shape index (κ2) is 12.2. The van der Waals surface area contributed by atoms with E-state index in [9.17, 15) is 14.4 Å². The van der Waals surface area contributed by atoms with Crippen molar-refractivity contribution in [2.24, 2.45) is 0 Å². The van der Waals surface area contributed by atoms with Gasteiger partial charge in [0.2, 0.25) is 0 Å². The van der Waals surface area contributed by atoms with E-state index in [0.29, 0.717) is 41.7 Å². The molecular formula is C30H30N2O7. The van der Waals surface area contributed by atoms with Gasteiger partial charge in [-0.3, -0.25) is 14.9 Å². The summed E-state index contributed by atoms with van der Waals surface area (Å²) in [6.07, 6.45) is 1.41. The molecule has 0 radical (unpaired) electrons. The molecule has 4 rings (SSSR count). The molecule has 0 aromatic heterocycles. The number of amides is 4. The summed E-state index contributed by atoms with van der Waals surface area (Å²) >= 11 is 0. The van der Waals surface area contributed by atoms with Crippen LogP contribution in [0.5, 0.6) is 23.0 Å². The van der Waals surface area contributed by atoms with Gasteiger partial charge in [-0.2, -0.15) is 0 Å². The number of carbonyl (C=O) groups excluding carboxylic acids is 3. The van der Waals surface area contributed by atoms with Crippen molar-refractivity contribution in [3.63, 3.8) is 0 Å². The van der Waals surface area contributed by atoms with Gasteiger partial charge in [-0.1, -0.05) is 12.1 Å². The molecule has 0 unspecified atom stereocenters. The van der Waals surface area contributed by atoms with Crippen molar-refractivity contribution in [1.82, 2.24) is 5.32 Å². The third-order valence-corrected chi connectivity index (χ3v) is 6.10. The largest absolute Gasteiger partial charge is 0.497 e. The summed E-state index contributed by atoms with van der Waals surface area (Å²) < 4.78 is 22.5. The van der Waals surface area contributed by atoms with Crippen molar-refractivity contribution in [3.05, 3.63) is 82.9 Å². The highest BCUT2D eigenvalue weighted by atomic mass is 16.5. The standard InChI is InChI=1S/C30H30N2O7/c1-5-37-27-18-21(7-13-26(27)39-15-14-38-24-10-6-19(2)20(3)16-24)17-25-28(33)31-30(35)32(29(25)34)22-8-11-23(36-4)12-9-22/h6-13,16-18H,5,14-15H2,1-4H3,(H,31,33,35)/b25-17-. The fourth-order valence-electron chi connectivity index (χ4n) is 3.91. The molecule has 202 valence electrons. The first-order chi connectivity index (χ1) is 18.8. The normalized spacial score (nSPS) is 14.3. The molecule has 3 aromatic carbocycles. The Bertz CT molecular complexity index is 1410. The highest BCUT2D eigenvalue weighted by Crippen LogP contribution is 2.30. The summed E-state index contributed by atoms with van der Waals surface area (Å²) in [5.74, 6) is 0.762. The first-order valence-electron chi connectivity index (χ1n) is 12.5. The molecule has 1 saturated heterocycles. The van der Waals surface area contributed by atoms with E-state index in [1.54, 1.807) is 42.5 Å². The lowest BCUT2D eigenvalue weighted by Gasteiger charge is -2.26. The van der Waals surface area contributed by atoms with Crippen molar-refractivity contribution in [2.75, 3.05) is 31.8 Å². The van der Waals surface area contributed by atoms with E-state index < -0.39 is 17.8 Å². The monoisotopic (exact) mass is 530 g/mol. The van der Waals surface area contributed by atoms with Crippen LogP contribution in [0, 0.1) is 13.8 Å². The minimum Gasteiger partial charge on any atom is -0.497 e. The van der Waals surface area contributed by atoms with Crippen molar-refractivity contribution in [3.8, 4) is 23.0 Å². The van der Waals surface area contributed by atoms with Crippen LogP contribution in [0.25, 0.3) is 6.08 Å². The average molecular weight is 531 g/mol. The zero-order chi connectivity index (χ0) is 27.9. The summed E-state index contributed by atoms with van der Waals surface area (Å²) in [5.41, 5.74) is 2.99. The SMILES string of the molecule is CCOc1cc(/C=C2/C(=O)NC(=O)N(c3ccc(OC)cc3)C2=O)ccc1OCCOc1ccc(C)c(C)c1. The Morgan fingerprint density at radius 3 is 2.21 bits per heavy atom. The number of imide groups is 2. The number of ether oxygens (including phenoxy) is 4. The maximum absolute atomic E-state index is 13.2. The number of anilines is 1. The van der Waals surface area contributed by atoms with E-state index in [-0.39, 0.29) is 12.2 Å². The van der Waals surface area contributed by atoms with E-state index in [1.165, 1.54) is 18.7 Å². The lowest BCUT2D eigenvalue weighted by atomic mass is 10.1. The first-order valence-corrected chi connectivity index (χ1v) is 12.5. The number of methoxy groups -OCH3 is 1. The van der Waals surface area contributed by atoms with Crippen LogP contribution >= 0.6 is 0 Å². The Morgan fingerprint density at radius 1 is 0.795 bits per heavy atom. The third kappa shape index (κ3) is 6.38. The average Bonchev–Trinajstić information content (AvgIpc) is 2.92. The van der Waals surface area contributed by atoms with Gasteiger partial charge in [0.25, 0.3) is 11.8 Å². The summed E-state index contributed by atoms with van der Waals surface area (Å²) in [5, 5.41) is 2.22. The molecule has 9 nitrogen and oxygen atoms in total. The molecule has 0 aliphatic carbocycles. The van der Waals surface area contributed by atoms with Crippen molar-refractivity contribution < 1.29 is 33.3 Å². The van der Waals surface area contributed by atoms with Gasteiger partial charge in [-0.05, 0) is 92.1 Å². The number of benzene rings is 3. The van der Waals surface area contributed by atoms with Crippen molar-refractivity contribution >= 4 is 29.6 Å². The first kappa shape index (κ1) is 27.3. The number of barbiturate groups is 1. The van der Waals surface area contributed by atoms with Crippen LogP contribution in [-0.2, 0) is 9.59 Å². The lowest BCUT2D eigenvalue weighted by Crippen LogP contribution is -2.54. The second-order valence-electron chi connectivity index (χ2n) is 8.74. The summed E-state index contributed by atoms with van der Waals surface area (Å²) in [6, 6.07) is 16.5. The Balaban J connectivity index is 1.49. The second-order valence-corrected chi connectivity index (χ2v) is 8.74. The van der Waals surface area contributed by atoms with E-state index in [0.717, 1.165) is 16.2 Å². The molecule has 39 heavy (non-hydrogen) atoms. The molecule has 3 aromatic rings. The van der Waals surface area contributed by atoms with Gasteiger partial charge in [0.15, 0.2) is 11.5 Å². The number of nitrogens with zero attached hydrogens (tertiary/aromatic N) is 1. The highest BCUT2D eigenvalue weighted by molar-refractivity contribution is 6.39. The van der Waals surface area contributed by atoms with Gasteiger partial charge in [0.1, 0.15) is 30.3 Å². The molecule has 4 amide bonds. The zero-order valence-corrected chi connectivity index (χ0v) is 22.3. The molecule has 1 fully saturated rings. The Labute approximate surface area is 226 Å². The molecule has 0 bridgehead atoms. The van der Waals surface area contributed by atoms with Crippen LogP contribution in [0.3, 0.4) is 0 Å². The van der Waals surface area contributed by atoms with Crippen LogP contribution in [0.2, 0.25) is 0 Å². The maximum atomic E-state index is 13.2. The minimum absolute atomic E-state index is 0.191. The molecule has 0 spiro atoms. The number of nitrogens with one attached hydrogen (secondary N) is 1. The smallest absolute Gasteiger partial charge is 0.335 e. The molecule has 0 saturated carbocycles. The van der Waals surface area contributed by atoms with Gasteiger partial charge < -0.3 is 18.9 Å². The van der Waals surface area contributed by atoms with Crippen molar-refractivity contribution in [2.45, 2.75) is 20.8 Å². The number of urea groups is 1. The summed E-state index contributed by atoms with van der Waals surface area (Å²) in [7, 11) is 1.51. The Morgan fingerprint density at radius 2 is 1.51 bits per heavy atom. The highest BCUT2D eigenvalue weighted by Gasteiger charge is 2.36. The van der Waals surface area contributed by atoms with Gasteiger partial charge in [-0.25, -0.2) is 9.69 Å². The van der Waals surface area contributed by atoms with Crippen LogP contribution in [0.4, 0.5) is 10.5 Å². The number of carbonyl (C=O) groups is 3. The molecule has 0 atom stereocenters. The van der Waals surface area contributed by atoms with E-state index >= 15 is 0 Å². The number of hydrogen-bond acceptors (Lipinski definition) is 7. The molecule has 9 heteroatoms. The summed E-state index contributed by atoms with van der Waals surface area (Å²) in [6.45, 7) is 6.92. The Hall–Kier alpha value is -4.79. The predicted molar refractivity (Wildman–Crippen MR) is 147 cm³/mol. The number of rotatable bonds is 10. The predicted octanol–water partition coefficient (Wildman–Crippen LogP) is 4.83. The van der Waals surface area contributed by atoms with E-state index in [4.69, 9.17) is 18.9 Å². The summed E-state index contributed by atoms with van der Waals surface area (Å²) in [4.78, 5) is 39.1. The third-order valence-electron chi connectivity index (χ3n) is 6.10. The van der Waals surface area contributed by atoms with Gasteiger partial charge in [-0.15, -0.1) is 0 Å². The van der Waals surface area contributed by atoms with Gasteiger partial charge >= 0.3 is 6.03 Å². The molecule has 1 aliphatic heterocycles.